The van der Waals surface area contributed by atoms with E-state index >= 15 is 0 Å². The van der Waals surface area contributed by atoms with Gasteiger partial charge in [0.1, 0.15) is 6.04 Å². The molecule has 0 aliphatic carbocycles. The Labute approximate surface area is 249 Å². The molecule has 9 heteroatoms. The average molecular weight is 598 g/mol. The minimum absolute atomic E-state index is 0.0706. The maximum Gasteiger partial charge on any atom is 0.243 e. The lowest BCUT2D eigenvalue weighted by Gasteiger charge is -2.32. The molecule has 41 heavy (non-hydrogen) atoms. The number of nitrogens with one attached hydrogen (secondary N) is 1. The fraction of sp³-hybridized carbons (Fsp3) is 0.375. The van der Waals surface area contributed by atoms with Crippen LogP contribution in [-0.2, 0) is 32.6 Å². The molecule has 1 atom stereocenters. The molecule has 0 bridgehead atoms. The minimum atomic E-state index is -3.61. The Morgan fingerprint density at radius 3 is 2.24 bits per heavy atom. The molecule has 0 saturated heterocycles. The van der Waals surface area contributed by atoms with Crippen LogP contribution < -0.4 is 9.62 Å². The Balaban J connectivity index is 1.88. The topological polar surface area (TPSA) is 86.8 Å². The Morgan fingerprint density at radius 2 is 1.61 bits per heavy atom. The van der Waals surface area contributed by atoms with E-state index in [9.17, 15) is 18.0 Å². The zero-order chi connectivity index (χ0) is 30.0. The first-order chi connectivity index (χ1) is 19.4. The third-order valence-electron chi connectivity index (χ3n) is 6.64. The van der Waals surface area contributed by atoms with Crippen molar-refractivity contribution in [2.45, 2.75) is 52.6 Å². The third kappa shape index (κ3) is 10.2. The second-order valence-corrected chi connectivity index (χ2v) is 13.1. The Bertz CT molecular complexity index is 1410. The van der Waals surface area contributed by atoms with Gasteiger partial charge in [-0.15, -0.1) is 0 Å². The van der Waals surface area contributed by atoms with Crippen molar-refractivity contribution in [2.75, 3.05) is 23.7 Å². The van der Waals surface area contributed by atoms with Crippen molar-refractivity contribution < 1.29 is 18.0 Å². The van der Waals surface area contributed by atoms with Crippen LogP contribution in [0.5, 0.6) is 0 Å². The maximum atomic E-state index is 13.9. The zero-order valence-corrected chi connectivity index (χ0v) is 25.8. The van der Waals surface area contributed by atoms with E-state index in [2.05, 4.69) is 5.32 Å². The smallest absolute Gasteiger partial charge is 0.243 e. The summed E-state index contributed by atoms with van der Waals surface area (Å²) in [5.41, 5.74) is 3.37. The van der Waals surface area contributed by atoms with Crippen LogP contribution in [0.15, 0.2) is 78.9 Å². The van der Waals surface area contributed by atoms with Crippen LogP contribution in [0.25, 0.3) is 0 Å². The molecule has 7 nitrogen and oxygen atoms in total. The number of carbonyl (C=O) groups excluding carboxylic acids is 2. The Morgan fingerprint density at radius 1 is 0.927 bits per heavy atom. The highest BCUT2D eigenvalue weighted by Gasteiger charge is 2.30. The minimum Gasteiger partial charge on any atom is -0.354 e. The van der Waals surface area contributed by atoms with E-state index in [-0.39, 0.29) is 43.7 Å². The number of hydrogen-bond donors (Lipinski definition) is 1. The van der Waals surface area contributed by atoms with E-state index in [1.54, 1.807) is 29.2 Å². The van der Waals surface area contributed by atoms with Gasteiger partial charge in [-0.3, -0.25) is 13.9 Å². The SMILES string of the molecule is Cc1cccc(CN(C(=O)CCCN(c2cccc(Cl)c2)S(C)(=O)=O)[C@H](Cc2ccccc2)C(=O)NCC(C)C)c1. The van der Waals surface area contributed by atoms with Crippen LogP contribution in [0.2, 0.25) is 5.02 Å². The molecular weight excluding hydrogens is 558 g/mol. The molecule has 3 rings (SSSR count). The van der Waals surface area contributed by atoms with Gasteiger partial charge in [0, 0.05) is 37.5 Å². The number of sulfonamides is 1. The van der Waals surface area contributed by atoms with Crippen LogP contribution in [0.1, 0.15) is 43.4 Å². The standard InChI is InChI=1S/C32H40ClN3O4S/c1-24(2)22-34-32(38)30(20-26-12-6-5-7-13-26)35(23-27-14-8-11-25(3)19-27)31(37)17-10-18-36(41(4,39)40)29-16-9-15-28(33)21-29/h5-9,11-16,19,21,24,30H,10,17-18,20,22-23H2,1-4H3,(H,34,38)/t30-/m1/s1. The van der Waals surface area contributed by atoms with Gasteiger partial charge in [-0.1, -0.05) is 91.7 Å². The van der Waals surface area contributed by atoms with Gasteiger partial charge in [0.05, 0.1) is 11.9 Å². The summed E-state index contributed by atoms with van der Waals surface area (Å²) >= 11 is 6.11. The fourth-order valence-corrected chi connectivity index (χ4v) is 5.76. The number of carbonyl (C=O) groups is 2. The lowest BCUT2D eigenvalue weighted by Crippen LogP contribution is -2.51. The van der Waals surface area contributed by atoms with Crippen LogP contribution in [0, 0.1) is 12.8 Å². The summed E-state index contributed by atoms with van der Waals surface area (Å²) in [7, 11) is -3.61. The first-order valence-corrected chi connectivity index (χ1v) is 16.1. The molecule has 0 spiro atoms. The quantitative estimate of drug-likeness (QED) is 0.262. The summed E-state index contributed by atoms with van der Waals surface area (Å²) in [6.45, 7) is 6.90. The molecule has 0 saturated carbocycles. The molecule has 0 unspecified atom stereocenters. The molecule has 2 amide bonds. The number of rotatable bonds is 14. The number of benzene rings is 3. The van der Waals surface area contributed by atoms with E-state index in [1.807, 2.05) is 75.4 Å². The predicted octanol–water partition coefficient (Wildman–Crippen LogP) is 5.61. The van der Waals surface area contributed by atoms with Gasteiger partial charge in [0.2, 0.25) is 21.8 Å². The largest absolute Gasteiger partial charge is 0.354 e. The van der Waals surface area contributed by atoms with Crippen molar-refractivity contribution in [1.29, 1.82) is 0 Å². The summed E-state index contributed by atoms with van der Waals surface area (Å²) in [6.07, 6.45) is 1.84. The van der Waals surface area contributed by atoms with Crippen molar-refractivity contribution in [1.82, 2.24) is 10.2 Å². The van der Waals surface area contributed by atoms with Crippen LogP contribution >= 0.6 is 11.6 Å². The number of aryl methyl sites for hydroxylation is 1. The Kier molecular flexibility index (Phi) is 11.8. The highest BCUT2D eigenvalue weighted by atomic mass is 35.5. The van der Waals surface area contributed by atoms with Gasteiger partial charge >= 0.3 is 0 Å². The van der Waals surface area contributed by atoms with Crippen molar-refractivity contribution in [3.8, 4) is 0 Å². The third-order valence-corrected chi connectivity index (χ3v) is 8.07. The first-order valence-electron chi connectivity index (χ1n) is 13.8. The highest BCUT2D eigenvalue weighted by molar-refractivity contribution is 7.92. The Hall–Kier alpha value is -3.36. The lowest BCUT2D eigenvalue weighted by molar-refractivity contribution is -0.141. The first kappa shape index (κ1) is 32.2. The van der Waals surface area contributed by atoms with E-state index in [4.69, 9.17) is 11.6 Å². The van der Waals surface area contributed by atoms with E-state index in [0.717, 1.165) is 22.9 Å². The number of amides is 2. The molecule has 0 heterocycles. The van der Waals surface area contributed by atoms with Crippen molar-refractivity contribution in [3.63, 3.8) is 0 Å². The molecule has 3 aromatic carbocycles. The molecule has 3 aromatic rings. The van der Waals surface area contributed by atoms with E-state index < -0.39 is 16.1 Å². The lowest BCUT2D eigenvalue weighted by atomic mass is 10.0. The molecule has 0 fully saturated rings. The molecule has 0 aliphatic rings. The van der Waals surface area contributed by atoms with Crippen LogP contribution in [-0.4, -0.2) is 50.5 Å². The van der Waals surface area contributed by atoms with Gasteiger partial charge < -0.3 is 10.2 Å². The predicted molar refractivity (Wildman–Crippen MR) is 166 cm³/mol. The monoisotopic (exact) mass is 597 g/mol. The maximum absolute atomic E-state index is 13.9. The normalized spacial score (nSPS) is 12.1. The molecule has 0 aliphatic heterocycles. The fourth-order valence-electron chi connectivity index (χ4n) is 4.62. The van der Waals surface area contributed by atoms with Gasteiger partial charge in [0.25, 0.3) is 0 Å². The molecule has 0 aromatic heterocycles. The molecular formula is C32H40ClN3O4S. The van der Waals surface area contributed by atoms with Crippen LogP contribution in [0.4, 0.5) is 5.69 Å². The van der Waals surface area contributed by atoms with Gasteiger partial charge in [0.15, 0.2) is 0 Å². The van der Waals surface area contributed by atoms with E-state index in [0.29, 0.717) is 23.7 Å². The van der Waals surface area contributed by atoms with Gasteiger partial charge in [-0.2, -0.15) is 0 Å². The summed E-state index contributed by atoms with van der Waals surface area (Å²) in [6, 6.07) is 23.4. The highest BCUT2D eigenvalue weighted by Crippen LogP contribution is 2.23. The summed E-state index contributed by atoms with van der Waals surface area (Å²) < 4.78 is 26.4. The van der Waals surface area contributed by atoms with E-state index in [1.165, 1.54) is 4.31 Å². The van der Waals surface area contributed by atoms with Crippen molar-refractivity contribution in [2.24, 2.45) is 5.92 Å². The summed E-state index contributed by atoms with van der Waals surface area (Å²) in [5, 5.41) is 3.45. The second kappa shape index (κ2) is 15.0. The van der Waals surface area contributed by atoms with Crippen molar-refractivity contribution in [3.05, 3.63) is 101 Å². The molecule has 1 N–H and O–H groups in total. The van der Waals surface area contributed by atoms with Crippen molar-refractivity contribution >= 4 is 39.1 Å². The number of hydrogen-bond acceptors (Lipinski definition) is 4. The van der Waals surface area contributed by atoms with Gasteiger partial charge in [-0.25, -0.2) is 8.42 Å². The molecule has 0 radical (unpaired) electrons. The summed E-state index contributed by atoms with van der Waals surface area (Å²) in [5.74, 6) is -0.169. The average Bonchev–Trinajstić information content (AvgIpc) is 2.91. The second-order valence-electron chi connectivity index (χ2n) is 10.8. The van der Waals surface area contributed by atoms with Gasteiger partial charge in [-0.05, 0) is 48.6 Å². The van der Waals surface area contributed by atoms with Crippen LogP contribution in [0.3, 0.4) is 0 Å². The number of halogens is 1. The number of nitrogens with zero attached hydrogens (tertiary/aromatic N) is 2. The zero-order valence-electron chi connectivity index (χ0n) is 24.2. The number of anilines is 1. The molecule has 220 valence electrons. The summed E-state index contributed by atoms with van der Waals surface area (Å²) in [4.78, 5) is 29.1.